The molecule has 0 amide bonds. The van der Waals surface area contributed by atoms with Gasteiger partial charge in [-0.1, -0.05) is 201 Å². The highest BCUT2D eigenvalue weighted by molar-refractivity contribution is 7.61. The second-order valence-corrected chi connectivity index (χ2v) is 23.4. The summed E-state index contributed by atoms with van der Waals surface area (Å²) in [4.78, 5) is 62.0. The fourth-order valence-corrected chi connectivity index (χ4v) is 10.7. The average molecular weight is 1050 g/mol. The normalized spacial score (nSPS) is 19.2. The van der Waals surface area contributed by atoms with Crippen molar-refractivity contribution in [3.8, 4) is 0 Å². The van der Waals surface area contributed by atoms with Gasteiger partial charge in [0.05, 0.1) is 13.2 Å². The summed E-state index contributed by atoms with van der Waals surface area (Å²) in [6.07, 6.45) is 27.8. The van der Waals surface area contributed by atoms with Crippen LogP contribution in [0.25, 0.3) is 0 Å². The second-order valence-electron chi connectivity index (χ2n) is 20.4. The van der Waals surface area contributed by atoms with Crippen molar-refractivity contribution in [1.82, 2.24) is 9.55 Å². The van der Waals surface area contributed by atoms with Crippen molar-refractivity contribution in [2.45, 2.75) is 257 Å². The lowest BCUT2D eigenvalue weighted by Crippen LogP contribution is -2.36. The number of carbonyl (C=O) groups excluding carboxylic acids is 2. The van der Waals surface area contributed by atoms with Crippen LogP contribution in [0.2, 0.25) is 0 Å². The number of anilines is 1. The first-order valence-corrected chi connectivity index (χ1v) is 30.3. The summed E-state index contributed by atoms with van der Waals surface area (Å²) in [7, 11) is -10.8. The quantitative estimate of drug-likeness (QED) is 0.0231. The molecular weight excluding hydrogens is 957 g/mol. The van der Waals surface area contributed by atoms with Gasteiger partial charge in [0.25, 0.3) is 0 Å². The Hall–Kier alpha value is -2.24. The van der Waals surface area contributed by atoms with Crippen LogP contribution in [0.1, 0.15) is 233 Å². The summed E-state index contributed by atoms with van der Waals surface area (Å²) in [5.74, 6) is 0.278. The Bertz CT molecular complexity index is 1720. The largest absolute Gasteiger partial charge is 0.481 e. The number of phosphoric ester groups is 2. The molecule has 0 aliphatic carbocycles. The molecule has 6 N–H and O–H groups in total. The van der Waals surface area contributed by atoms with Gasteiger partial charge in [-0.25, -0.2) is 13.9 Å². The van der Waals surface area contributed by atoms with Crippen molar-refractivity contribution >= 4 is 33.4 Å². The van der Waals surface area contributed by atoms with E-state index in [4.69, 9.17) is 29.0 Å². The Kier molecular flexibility index (Phi) is 35.0. The number of nitrogens with zero attached hydrogens (tertiary/aromatic N) is 2. The number of nitrogens with two attached hydrogens (primary N) is 1. The maximum atomic E-state index is 12.9. The van der Waals surface area contributed by atoms with Gasteiger partial charge in [0.15, 0.2) is 12.3 Å². The first kappa shape index (κ1) is 64.9. The highest BCUT2D eigenvalue weighted by atomic mass is 31.3. The molecule has 1 aliphatic heterocycles. The van der Waals surface area contributed by atoms with Gasteiger partial charge < -0.3 is 39.9 Å². The molecule has 71 heavy (non-hydrogen) atoms. The zero-order chi connectivity index (χ0) is 52.3. The Morgan fingerprint density at radius 1 is 0.634 bits per heavy atom. The lowest BCUT2D eigenvalue weighted by molar-refractivity contribution is -0.161. The summed E-state index contributed by atoms with van der Waals surface area (Å²) < 4.78 is 56.9. The lowest BCUT2D eigenvalue weighted by atomic mass is 10.0. The van der Waals surface area contributed by atoms with E-state index < -0.39 is 83.7 Å². The predicted molar refractivity (Wildman–Crippen MR) is 275 cm³/mol. The van der Waals surface area contributed by atoms with Crippen molar-refractivity contribution in [3.05, 3.63) is 22.7 Å². The molecule has 0 spiro atoms. The Balaban J connectivity index is 1.73. The second kappa shape index (κ2) is 38.3. The molecular formula is C51H95N3O15P2. The number of carbonyl (C=O) groups is 2. The number of phosphoric acid groups is 2. The van der Waals surface area contributed by atoms with E-state index in [1.807, 2.05) is 0 Å². The van der Waals surface area contributed by atoms with Crippen LogP contribution in [0.5, 0.6) is 0 Å². The molecule has 7 atom stereocenters. The number of unbranched alkanes of at least 4 members (excludes halogenated alkanes) is 25. The maximum absolute atomic E-state index is 12.9. The van der Waals surface area contributed by atoms with E-state index in [1.54, 1.807) is 0 Å². The summed E-state index contributed by atoms with van der Waals surface area (Å²) in [6, 6.07) is 1.25. The molecule has 1 fully saturated rings. The third-order valence-corrected chi connectivity index (χ3v) is 15.4. The van der Waals surface area contributed by atoms with Crippen molar-refractivity contribution in [2.75, 3.05) is 25.6 Å². The Morgan fingerprint density at radius 2 is 1.04 bits per heavy atom. The van der Waals surface area contributed by atoms with Crippen molar-refractivity contribution in [3.63, 3.8) is 0 Å². The van der Waals surface area contributed by atoms with E-state index in [1.165, 1.54) is 141 Å². The molecule has 414 valence electrons. The van der Waals surface area contributed by atoms with E-state index in [9.17, 15) is 43.5 Å². The Morgan fingerprint density at radius 3 is 1.48 bits per heavy atom. The third-order valence-electron chi connectivity index (χ3n) is 12.8. The molecule has 2 heterocycles. The molecule has 20 heteroatoms. The van der Waals surface area contributed by atoms with Crippen LogP contribution in [0, 0.1) is 11.8 Å². The zero-order valence-electron chi connectivity index (χ0n) is 43.9. The smallest absolute Gasteiger partial charge is 0.462 e. The number of aliphatic hydroxyl groups is 2. The zero-order valence-corrected chi connectivity index (χ0v) is 45.7. The maximum Gasteiger partial charge on any atom is 0.481 e. The number of esters is 2. The average Bonchev–Trinajstić information content (AvgIpc) is 3.58. The van der Waals surface area contributed by atoms with Crippen LogP contribution in [-0.4, -0.2) is 85.7 Å². The molecule has 3 unspecified atom stereocenters. The fraction of sp³-hybridized carbons (Fsp3) is 0.882. The predicted octanol–water partition coefficient (Wildman–Crippen LogP) is 11.6. The van der Waals surface area contributed by atoms with E-state index in [0.717, 1.165) is 61.3 Å². The molecule has 0 saturated carbocycles. The summed E-state index contributed by atoms with van der Waals surface area (Å²) in [5, 5.41) is 20.9. The number of hydrogen-bond acceptors (Lipinski definition) is 15. The van der Waals surface area contributed by atoms with Crippen LogP contribution in [0.15, 0.2) is 17.1 Å². The van der Waals surface area contributed by atoms with Crippen molar-refractivity contribution < 1.29 is 66.3 Å². The first-order valence-electron chi connectivity index (χ1n) is 27.3. The van der Waals surface area contributed by atoms with Crippen LogP contribution >= 0.6 is 15.6 Å². The molecule has 1 aliphatic rings. The minimum atomic E-state index is -5.42. The van der Waals surface area contributed by atoms with Gasteiger partial charge in [-0.15, -0.1) is 0 Å². The van der Waals surface area contributed by atoms with E-state index in [0.29, 0.717) is 12.8 Å². The van der Waals surface area contributed by atoms with Crippen LogP contribution in [0.4, 0.5) is 5.82 Å². The van der Waals surface area contributed by atoms with Gasteiger partial charge in [-0.2, -0.15) is 9.29 Å². The van der Waals surface area contributed by atoms with E-state index in [-0.39, 0.29) is 18.7 Å². The minimum Gasteiger partial charge on any atom is -0.462 e. The number of hydrogen-bond donors (Lipinski definition) is 5. The molecule has 2 rings (SSSR count). The fourth-order valence-electron chi connectivity index (χ4n) is 8.57. The number of aliphatic hydroxyl groups excluding tert-OH is 2. The molecule has 1 saturated heterocycles. The third kappa shape index (κ3) is 32.6. The van der Waals surface area contributed by atoms with E-state index >= 15 is 0 Å². The van der Waals surface area contributed by atoms with Crippen molar-refractivity contribution in [1.29, 1.82) is 0 Å². The highest BCUT2D eigenvalue weighted by Gasteiger charge is 2.46. The Labute approximate surface area is 425 Å². The number of aromatic nitrogens is 2. The van der Waals surface area contributed by atoms with Gasteiger partial charge in [-0.3, -0.25) is 23.2 Å². The lowest BCUT2D eigenvalue weighted by Gasteiger charge is -2.21. The number of nitrogen functional groups attached to an aromatic ring is 1. The summed E-state index contributed by atoms with van der Waals surface area (Å²) in [6.45, 7) is 6.80. The van der Waals surface area contributed by atoms with Gasteiger partial charge in [-0.05, 0) is 30.7 Å². The molecule has 18 nitrogen and oxygen atoms in total. The molecule has 0 radical (unpaired) electrons. The van der Waals surface area contributed by atoms with Crippen molar-refractivity contribution in [2.24, 2.45) is 11.8 Å². The molecule has 0 aromatic carbocycles. The van der Waals surface area contributed by atoms with Gasteiger partial charge in [0.1, 0.15) is 30.7 Å². The SMILES string of the molecule is CC(C)CCCCCCCCCCCCCCCCCCCCC(=O)OC[C@H](COP(=O)(O)OP(=O)(O)OC[C@H]1O[C@@H](n2ccc(N)nc2=O)C(O)[C@H]1O)OC(=O)CCCCCCCCCCCC(C)C. The first-order chi connectivity index (χ1) is 33.9. The standard InChI is InChI=1S/C51H95N3O15P2/c1-41(2)32-28-24-20-16-13-11-9-7-5-6-8-10-12-14-18-22-26-30-34-46(55)64-38-43(67-47(56)35-31-27-23-19-15-17-21-25-29-33-42(3)4)39-65-70(60,61)69-71(62,63)66-40-44-48(57)49(58)50(68-44)54-37-36-45(52)53-51(54)59/h36-37,41-44,48-50,57-58H,5-35,38-40H2,1-4H3,(H,60,61)(H,62,63)(H2,52,53,59)/t43-,44-,48+,49?,50-/m1/s1. The van der Waals surface area contributed by atoms with Crippen LogP contribution in [-0.2, 0) is 46.3 Å². The molecule has 0 bridgehead atoms. The molecule has 1 aromatic rings. The van der Waals surface area contributed by atoms with Gasteiger partial charge >= 0.3 is 33.3 Å². The van der Waals surface area contributed by atoms with Crippen LogP contribution in [0.3, 0.4) is 0 Å². The summed E-state index contributed by atoms with van der Waals surface area (Å²) in [5.41, 5.74) is 4.60. The summed E-state index contributed by atoms with van der Waals surface area (Å²) >= 11 is 0. The number of ether oxygens (including phenoxy) is 3. The molecule has 1 aromatic heterocycles. The van der Waals surface area contributed by atoms with Gasteiger partial charge in [0, 0.05) is 19.0 Å². The topological polar surface area (TPSA) is 265 Å². The monoisotopic (exact) mass is 1050 g/mol. The van der Waals surface area contributed by atoms with E-state index in [2.05, 4.69) is 37.0 Å². The number of rotatable bonds is 45. The highest BCUT2D eigenvalue weighted by Crippen LogP contribution is 2.60. The van der Waals surface area contributed by atoms with Gasteiger partial charge in [0.2, 0.25) is 0 Å². The van der Waals surface area contributed by atoms with Crippen LogP contribution < -0.4 is 11.4 Å². The minimum absolute atomic E-state index is 0.0553.